The molecular formula is C12H17BrN2O. The molecule has 1 aliphatic heterocycles. The molecule has 0 bridgehead atoms. The molecule has 0 saturated carbocycles. The number of nitrogens with zero attached hydrogens (tertiary/aromatic N) is 1. The normalized spacial score (nSPS) is 19.6. The van der Waals surface area contributed by atoms with Crippen molar-refractivity contribution in [3.05, 3.63) is 28.5 Å². The second kappa shape index (κ2) is 5.25. The van der Waals surface area contributed by atoms with Gasteiger partial charge < -0.3 is 10.1 Å². The first-order chi connectivity index (χ1) is 7.68. The molecule has 88 valence electrons. The molecule has 0 aliphatic carbocycles. The monoisotopic (exact) mass is 284 g/mol. The molecule has 0 radical (unpaired) electrons. The number of hydrogen-bond donors (Lipinski definition) is 1. The zero-order valence-corrected chi connectivity index (χ0v) is 11.1. The van der Waals surface area contributed by atoms with Crippen molar-refractivity contribution in [1.82, 2.24) is 10.3 Å². The number of pyridine rings is 1. The molecule has 1 N–H and O–H groups in total. The predicted molar refractivity (Wildman–Crippen MR) is 67.2 cm³/mol. The van der Waals surface area contributed by atoms with E-state index in [0.717, 1.165) is 42.8 Å². The lowest BCUT2D eigenvalue weighted by Crippen LogP contribution is -2.46. The van der Waals surface area contributed by atoms with Crippen LogP contribution < -0.4 is 5.32 Å². The van der Waals surface area contributed by atoms with Crippen molar-refractivity contribution in [2.45, 2.75) is 31.8 Å². The summed E-state index contributed by atoms with van der Waals surface area (Å²) in [5, 5.41) is 3.58. The van der Waals surface area contributed by atoms with Crippen molar-refractivity contribution < 1.29 is 4.74 Å². The molecule has 0 spiro atoms. The lowest BCUT2D eigenvalue weighted by molar-refractivity contribution is 0.0445. The second-order valence-electron chi connectivity index (χ2n) is 4.49. The van der Waals surface area contributed by atoms with E-state index in [-0.39, 0.29) is 5.54 Å². The molecule has 1 aromatic rings. The van der Waals surface area contributed by atoms with Gasteiger partial charge in [-0.1, -0.05) is 0 Å². The number of rotatable bonds is 3. The van der Waals surface area contributed by atoms with Crippen molar-refractivity contribution in [3.8, 4) is 0 Å². The quantitative estimate of drug-likeness (QED) is 0.926. The summed E-state index contributed by atoms with van der Waals surface area (Å²) < 4.78 is 6.39. The average Bonchev–Trinajstić information content (AvgIpc) is 2.29. The zero-order valence-electron chi connectivity index (χ0n) is 9.50. The van der Waals surface area contributed by atoms with Gasteiger partial charge in [-0.15, -0.1) is 0 Å². The fourth-order valence-corrected chi connectivity index (χ4v) is 2.05. The lowest BCUT2D eigenvalue weighted by atomic mass is 9.92. The van der Waals surface area contributed by atoms with E-state index in [0.29, 0.717) is 0 Å². The standard InChI is InChI=1S/C12H17BrN2O/c1-12(4-6-16-7-5-12)15-9-11-3-2-10(13)8-14-11/h2-3,8,15H,4-7,9H2,1H3. The topological polar surface area (TPSA) is 34.2 Å². The van der Waals surface area contributed by atoms with E-state index in [1.807, 2.05) is 18.3 Å². The van der Waals surface area contributed by atoms with Crippen LogP contribution in [0.25, 0.3) is 0 Å². The van der Waals surface area contributed by atoms with Crippen LogP contribution in [-0.4, -0.2) is 23.7 Å². The van der Waals surface area contributed by atoms with Gasteiger partial charge in [0, 0.05) is 36.0 Å². The summed E-state index contributed by atoms with van der Waals surface area (Å²) in [6.07, 6.45) is 3.98. The number of halogens is 1. The zero-order chi connectivity index (χ0) is 11.4. The smallest absolute Gasteiger partial charge is 0.0542 e. The molecule has 16 heavy (non-hydrogen) atoms. The van der Waals surface area contributed by atoms with Crippen LogP contribution in [0.3, 0.4) is 0 Å². The summed E-state index contributed by atoms with van der Waals surface area (Å²) in [6, 6.07) is 4.07. The Morgan fingerprint density at radius 1 is 1.44 bits per heavy atom. The second-order valence-corrected chi connectivity index (χ2v) is 5.41. The summed E-state index contributed by atoms with van der Waals surface area (Å²) >= 11 is 3.38. The number of nitrogens with one attached hydrogen (secondary N) is 1. The maximum atomic E-state index is 5.37. The van der Waals surface area contributed by atoms with Crippen LogP contribution in [0.4, 0.5) is 0 Å². The third-order valence-electron chi connectivity index (χ3n) is 3.08. The van der Waals surface area contributed by atoms with Crippen LogP contribution in [-0.2, 0) is 11.3 Å². The fraction of sp³-hybridized carbons (Fsp3) is 0.583. The highest BCUT2D eigenvalue weighted by Gasteiger charge is 2.26. The Morgan fingerprint density at radius 2 is 2.19 bits per heavy atom. The Morgan fingerprint density at radius 3 is 2.81 bits per heavy atom. The molecule has 0 amide bonds. The van der Waals surface area contributed by atoms with Gasteiger partial charge in [0.05, 0.1) is 5.69 Å². The van der Waals surface area contributed by atoms with Crippen LogP contribution in [0.15, 0.2) is 22.8 Å². The Kier molecular flexibility index (Phi) is 3.95. The molecule has 0 unspecified atom stereocenters. The van der Waals surface area contributed by atoms with Crippen LogP contribution in [0.5, 0.6) is 0 Å². The molecule has 0 aromatic carbocycles. The van der Waals surface area contributed by atoms with Gasteiger partial charge in [-0.25, -0.2) is 0 Å². The molecule has 1 saturated heterocycles. The minimum atomic E-state index is 0.201. The predicted octanol–water partition coefficient (Wildman–Crippen LogP) is 2.50. The summed E-state index contributed by atoms with van der Waals surface area (Å²) in [6.45, 7) is 4.80. The van der Waals surface area contributed by atoms with Gasteiger partial charge in [0.15, 0.2) is 0 Å². The Balaban J connectivity index is 1.88. The third-order valence-corrected chi connectivity index (χ3v) is 3.55. The average molecular weight is 285 g/mol. The first-order valence-electron chi connectivity index (χ1n) is 5.61. The van der Waals surface area contributed by atoms with Crippen LogP contribution in [0, 0.1) is 0 Å². The molecule has 1 aromatic heterocycles. The Labute approximate surface area is 105 Å². The van der Waals surface area contributed by atoms with Crippen molar-refractivity contribution in [2.75, 3.05) is 13.2 Å². The maximum absolute atomic E-state index is 5.37. The number of hydrogen-bond acceptors (Lipinski definition) is 3. The van der Waals surface area contributed by atoms with Crippen molar-refractivity contribution in [3.63, 3.8) is 0 Å². The first kappa shape index (κ1) is 12.0. The molecule has 1 aliphatic rings. The van der Waals surface area contributed by atoms with Crippen molar-refractivity contribution >= 4 is 15.9 Å². The van der Waals surface area contributed by atoms with E-state index in [2.05, 4.69) is 33.2 Å². The van der Waals surface area contributed by atoms with E-state index < -0.39 is 0 Å². The van der Waals surface area contributed by atoms with Gasteiger partial charge in [-0.2, -0.15) is 0 Å². The van der Waals surface area contributed by atoms with Gasteiger partial charge in [0.25, 0.3) is 0 Å². The lowest BCUT2D eigenvalue weighted by Gasteiger charge is -2.34. The minimum absolute atomic E-state index is 0.201. The van der Waals surface area contributed by atoms with Crippen molar-refractivity contribution in [2.24, 2.45) is 0 Å². The number of ether oxygens (including phenoxy) is 1. The van der Waals surface area contributed by atoms with Gasteiger partial charge >= 0.3 is 0 Å². The largest absolute Gasteiger partial charge is 0.381 e. The summed E-state index contributed by atoms with van der Waals surface area (Å²) in [5.74, 6) is 0. The van der Waals surface area contributed by atoms with E-state index in [4.69, 9.17) is 4.74 Å². The SMILES string of the molecule is CC1(NCc2ccc(Br)cn2)CCOCC1. The molecular weight excluding hydrogens is 268 g/mol. The number of aromatic nitrogens is 1. The van der Waals surface area contributed by atoms with E-state index in [1.165, 1.54) is 0 Å². The Bertz CT molecular complexity index is 333. The van der Waals surface area contributed by atoms with Crippen molar-refractivity contribution in [1.29, 1.82) is 0 Å². The fourth-order valence-electron chi connectivity index (χ4n) is 1.81. The van der Waals surface area contributed by atoms with Crippen LogP contribution in [0.1, 0.15) is 25.5 Å². The Hall–Kier alpha value is -0.450. The highest BCUT2D eigenvalue weighted by Crippen LogP contribution is 2.20. The minimum Gasteiger partial charge on any atom is -0.381 e. The molecule has 0 atom stereocenters. The van der Waals surface area contributed by atoms with E-state index in [1.54, 1.807) is 0 Å². The molecule has 4 heteroatoms. The van der Waals surface area contributed by atoms with Gasteiger partial charge in [-0.3, -0.25) is 4.98 Å². The van der Waals surface area contributed by atoms with E-state index >= 15 is 0 Å². The molecule has 3 nitrogen and oxygen atoms in total. The van der Waals surface area contributed by atoms with E-state index in [9.17, 15) is 0 Å². The van der Waals surface area contributed by atoms with Gasteiger partial charge in [-0.05, 0) is 47.8 Å². The highest BCUT2D eigenvalue weighted by atomic mass is 79.9. The maximum Gasteiger partial charge on any atom is 0.0542 e. The van der Waals surface area contributed by atoms with Gasteiger partial charge in [0.2, 0.25) is 0 Å². The molecule has 2 rings (SSSR count). The molecule has 1 fully saturated rings. The third kappa shape index (κ3) is 3.27. The van der Waals surface area contributed by atoms with Crippen LogP contribution in [0.2, 0.25) is 0 Å². The summed E-state index contributed by atoms with van der Waals surface area (Å²) in [5.41, 5.74) is 1.28. The van der Waals surface area contributed by atoms with Gasteiger partial charge in [0.1, 0.15) is 0 Å². The summed E-state index contributed by atoms with van der Waals surface area (Å²) in [7, 11) is 0. The first-order valence-corrected chi connectivity index (χ1v) is 6.40. The van der Waals surface area contributed by atoms with Crippen LogP contribution >= 0.6 is 15.9 Å². The highest BCUT2D eigenvalue weighted by molar-refractivity contribution is 9.10. The molecule has 2 heterocycles. The summed E-state index contributed by atoms with van der Waals surface area (Å²) in [4.78, 5) is 4.35.